The van der Waals surface area contributed by atoms with Crippen molar-refractivity contribution < 1.29 is 4.79 Å². The van der Waals surface area contributed by atoms with E-state index in [1.807, 2.05) is 16.8 Å². The smallest absolute Gasteiger partial charge is 0.233 e. The summed E-state index contributed by atoms with van der Waals surface area (Å²) in [5.74, 6) is 2.21. The summed E-state index contributed by atoms with van der Waals surface area (Å²) < 4.78 is 1.95. The molecule has 0 spiro atoms. The molecular weight excluding hydrogens is 374 g/mol. The molecule has 4 aliphatic heterocycles. The quantitative estimate of drug-likeness (QED) is 0.677. The second-order valence-electron chi connectivity index (χ2n) is 9.06. The highest BCUT2D eigenvalue weighted by molar-refractivity contribution is 5.78. The lowest BCUT2D eigenvalue weighted by Crippen LogP contribution is -2.49. The van der Waals surface area contributed by atoms with Gasteiger partial charge in [0.1, 0.15) is 0 Å². The molecular formula is C24H27N5O. The van der Waals surface area contributed by atoms with Gasteiger partial charge in [-0.05, 0) is 55.3 Å². The van der Waals surface area contributed by atoms with Gasteiger partial charge in [0.2, 0.25) is 11.7 Å². The lowest BCUT2D eigenvalue weighted by atomic mass is 9.77. The van der Waals surface area contributed by atoms with Crippen LogP contribution >= 0.6 is 0 Å². The fourth-order valence-corrected chi connectivity index (χ4v) is 5.83. The molecule has 30 heavy (non-hydrogen) atoms. The van der Waals surface area contributed by atoms with E-state index in [1.165, 1.54) is 37.1 Å². The van der Waals surface area contributed by atoms with E-state index in [4.69, 9.17) is 0 Å². The summed E-state index contributed by atoms with van der Waals surface area (Å²) in [6, 6.07) is 8.46. The number of hydrogen-bond acceptors (Lipinski definition) is 4. The Balaban J connectivity index is 1.34. The van der Waals surface area contributed by atoms with Gasteiger partial charge in [-0.3, -0.25) is 9.20 Å². The molecule has 0 unspecified atom stereocenters. The molecule has 2 bridgehead atoms. The topological polar surface area (TPSA) is 53.7 Å². The van der Waals surface area contributed by atoms with Crippen LogP contribution in [-0.4, -0.2) is 56.3 Å². The van der Waals surface area contributed by atoms with Crippen LogP contribution in [0.15, 0.2) is 49.1 Å². The maximum atomic E-state index is 13.6. The first-order valence-corrected chi connectivity index (χ1v) is 11.1. The molecule has 1 aromatic carbocycles. The van der Waals surface area contributed by atoms with Crippen LogP contribution in [0.25, 0.3) is 5.78 Å². The standard InChI is InChI=1S/C24H27N5O/c30-22(13-19-15-27-9-5-17(19)6-10-27)29-11-7-18-3-1-2-4-21(18)23(29)20-14-26-24-25-8-12-28(24)16-20/h1-4,8,12,14,16-17,19,23H,5-7,9-11,13,15H2/t19-,23-/m1/s1. The Kier molecular flexibility index (Phi) is 4.34. The first-order chi connectivity index (χ1) is 14.8. The largest absolute Gasteiger partial charge is 0.331 e. The van der Waals surface area contributed by atoms with Gasteiger partial charge in [0.15, 0.2) is 0 Å². The van der Waals surface area contributed by atoms with Gasteiger partial charge in [0, 0.05) is 49.9 Å². The number of rotatable bonds is 3. The summed E-state index contributed by atoms with van der Waals surface area (Å²) in [6.45, 7) is 4.29. The molecule has 0 N–H and O–H groups in total. The minimum atomic E-state index is -0.0807. The molecule has 6 heteroatoms. The number of carbonyl (C=O) groups is 1. The van der Waals surface area contributed by atoms with Gasteiger partial charge in [-0.25, -0.2) is 9.97 Å². The molecule has 0 saturated carbocycles. The van der Waals surface area contributed by atoms with Crippen LogP contribution in [0.3, 0.4) is 0 Å². The number of amides is 1. The molecule has 3 fully saturated rings. The molecule has 6 nitrogen and oxygen atoms in total. The average molecular weight is 402 g/mol. The second-order valence-corrected chi connectivity index (χ2v) is 9.06. The molecule has 2 aromatic heterocycles. The first kappa shape index (κ1) is 18.1. The van der Waals surface area contributed by atoms with E-state index >= 15 is 0 Å². The van der Waals surface area contributed by atoms with Gasteiger partial charge in [0.05, 0.1) is 6.04 Å². The van der Waals surface area contributed by atoms with Crippen LogP contribution in [0.5, 0.6) is 0 Å². The van der Waals surface area contributed by atoms with Crippen molar-refractivity contribution in [2.45, 2.75) is 31.7 Å². The number of fused-ring (bicyclic) bond motifs is 5. The minimum Gasteiger partial charge on any atom is -0.331 e. The zero-order chi connectivity index (χ0) is 20.1. The van der Waals surface area contributed by atoms with Crippen molar-refractivity contribution in [2.75, 3.05) is 26.2 Å². The van der Waals surface area contributed by atoms with Crippen LogP contribution in [0, 0.1) is 11.8 Å². The molecule has 6 heterocycles. The Morgan fingerprint density at radius 3 is 2.80 bits per heavy atom. The molecule has 3 saturated heterocycles. The monoisotopic (exact) mass is 401 g/mol. The van der Waals surface area contributed by atoms with E-state index < -0.39 is 0 Å². The van der Waals surface area contributed by atoms with Crippen molar-refractivity contribution >= 4 is 11.7 Å². The van der Waals surface area contributed by atoms with E-state index in [1.54, 1.807) is 6.20 Å². The average Bonchev–Trinajstić information content (AvgIpc) is 3.27. The molecule has 2 atom stereocenters. The first-order valence-electron chi connectivity index (χ1n) is 11.1. The van der Waals surface area contributed by atoms with Gasteiger partial charge in [-0.1, -0.05) is 24.3 Å². The highest BCUT2D eigenvalue weighted by Crippen LogP contribution is 2.38. The maximum absolute atomic E-state index is 13.6. The summed E-state index contributed by atoms with van der Waals surface area (Å²) in [7, 11) is 0. The zero-order valence-corrected chi connectivity index (χ0v) is 17.2. The normalized spacial score (nSPS) is 27.9. The molecule has 0 radical (unpaired) electrons. The van der Waals surface area contributed by atoms with E-state index in [2.05, 4.69) is 50.2 Å². The van der Waals surface area contributed by atoms with Crippen molar-refractivity contribution in [3.8, 4) is 0 Å². The fourth-order valence-electron chi connectivity index (χ4n) is 5.83. The molecule has 3 aromatic rings. The van der Waals surface area contributed by atoms with Gasteiger partial charge in [-0.15, -0.1) is 0 Å². The third kappa shape index (κ3) is 3.01. The number of nitrogens with zero attached hydrogens (tertiary/aromatic N) is 5. The summed E-state index contributed by atoms with van der Waals surface area (Å²) in [6.07, 6.45) is 11.7. The van der Waals surface area contributed by atoms with E-state index in [0.29, 0.717) is 24.0 Å². The number of hydrogen-bond donors (Lipinski definition) is 0. The van der Waals surface area contributed by atoms with Crippen molar-refractivity contribution in [1.29, 1.82) is 0 Å². The third-order valence-corrected chi connectivity index (χ3v) is 7.41. The Hall–Kier alpha value is -2.73. The zero-order valence-electron chi connectivity index (χ0n) is 17.2. The van der Waals surface area contributed by atoms with Crippen LogP contribution < -0.4 is 0 Å². The SMILES string of the molecule is O=C(C[C@@H]1CN2CCC1CC2)N1CCc2ccccc2[C@H]1c1cnc2nccn2c1. The maximum Gasteiger partial charge on any atom is 0.233 e. The Morgan fingerprint density at radius 2 is 1.97 bits per heavy atom. The Morgan fingerprint density at radius 1 is 1.10 bits per heavy atom. The van der Waals surface area contributed by atoms with Gasteiger partial charge in [-0.2, -0.15) is 0 Å². The van der Waals surface area contributed by atoms with Crippen molar-refractivity contribution in [2.24, 2.45) is 11.8 Å². The van der Waals surface area contributed by atoms with Crippen molar-refractivity contribution in [3.05, 3.63) is 65.7 Å². The predicted octanol–water partition coefficient (Wildman–Crippen LogP) is 2.94. The summed E-state index contributed by atoms with van der Waals surface area (Å²) in [5.41, 5.74) is 3.61. The number of benzene rings is 1. The molecule has 7 rings (SSSR count). The highest BCUT2D eigenvalue weighted by Gasteiger charge is 2.38. The van der Waals surface area contributed by atoms with E-state index in [9.17, 15) is 4.79 Å². The predicted molar refractivity (Wildman–Crippen MR) is 114 cm³/mol. The van der Waals surface area contributed by atoms with Gasteiger partial charge >= 0.3 is 0 Å². The number of imidazole rings is 1. The number of piperidine rings is 3. The number of carbonyl (C=O) groups excluding carboxylic acids is 1. The second kappa shape index (κ2) is 7.20. The van der Waals surface area contributed by atoms with Crippen LogP contribution in [0.4, 0.5) is 0 Å². The third-order valence-electron chi connectivity index (χ3n) is 7.41. The highest BCUT2D eigenvalue weighted by atomic mass is 16.2. The van der Waals surface area contributed by atoms with Crippen LogP contribution in [0.2, 0.25) is 0 Å². The molecule has 0 aliphatic carbocycles. The van der Waals surface area contributed by atoms with Gasteiger partial charge < -0.3 is 9.80 Å². The van der Waals surface area contributed by atoms with E-state index in [0.717, 1.165) is 31.0 Å². The van der Waals surface area contributed by atoms with Gasteiger partial charge in [0.25, 0.3) is 0 Å². The van der Waals surface area contributed by atoms with Crippen molar-refractivity contribution in [1.82, 2.24) is 24.2 Å². The van der Waals surface area contributed by atoms with E-state index in [-0.39, 0.29) is 6.04 Å². The Bertz CT molecular complexity index is 1080. The summed E-state index contributed by atoms with van der Waals surface area (Å²) in [4.78, 5) is 27.1. The lowest BCUT2D eigenvalue weighted by molar-refractivity contribution is -0.136. The van der Waals surface area contributed by atoms with Crippen LogP contribution in [0.1, 0.15) is 42.0 Å². The molecule has 1 amide bonds. The minimum absolute atomic E-state index is 0.0807. The molecule has 4 aliphatic rings. The van der Waals surface area contributed by atoms with Crippen molar-refractivity contribution in [3.63, 3.8) is 0 Å². The fraction of sp³-hybridized carbons (Fsp3) is 0.458. The summed E-state index contributed by atoms with van der Waals surface area (Å²) in [5, 5.41) is 0. The molecule has 154 valence electrons. The lowest BCUT2D eigenvalue weighted by Gasteiger charge is -2.45. The summed E-state index contributed by atoms with van der Waals surface area (Å²) >= 11 is 0. The van der Waals surface area contributed by atoms with Crippen LogP contribution in [-0.2, 0) is 11.2 Å². The Labute approximate surface area is 176 Å². The number of aromatic nitrogens is 3.